The van der Waals surface area contributed by atoms with E-state index in [1.807, 2.05) is 24.4 Å². The molecule has 2 amide bonds. The number of hydrogen-bond donors (Lipinski definition) is 1. The van der Waals surface area contributed by atoms with Gasteiger partial charge in [0.25, 0.3) is 0 Å². The molecule has 0 bridgehead atoms. The second-order valence-electron chi connectivity index (χ2n) is 7.40. The summed E-state index contributed by atoms with van der Waals surface area (Å²) in [5.74, 6) is 0.368. The Bertz CT molecular complexity index is 838. The zero-order chi connectivity index (χ0) is 21.3. The molecule has 0 unspecified atom stereocenters. The number of methoxy groups -OCH3 is 1. The number of piperazine rings is 1. The summed E-state index contributed by atoms with van der Waals surface area (Å²) in [6.45, 7) is 4.58. The quantitative estimate of drug-likeness (QED) is 0.706. The van der Waals surface area contributed by atoms with Gasteiger partial charge >= 0.3 is 0 Å². The average molecular weight is 412 g/mol. The summed E-state index contributed by atoms with van der Waals surface area (Å²) in [6.07, 6.45) is 1.81. The summed E-state index contributed by atoms with van der Waals surface area (Å²) >= 11 is 0. The molecule has 3 rings (SSSR count). The predicted molar refractivity (Wildman–Crippen MR) is 115 cm³/mol. The Morgan fingerprint density at radius 2 is 1.87 bits per heavy atom. The van der Waals surface area contributed by atoms with Crippen molar-refractivity contribution in [2.45, 2.75) is 6.54 Å². The molecule has 30 heavy (non-hydrogen) atoms. The molecule has 1 fully saturated rings. The molecule has 1 aliphatic rings. The van der Waals surface area contributed by atoms with Crippen molar-refractivity contribution in [1.29, 1.82) is 0 Å². The van der Waals surface area contributed by atoms with Gasteiger partial charge in [0, 0.05) is 57.7 Å². The number of nitrogens with zero attached hydrogens (tertiary/aromatic N) is 4. The first-order valence-electron chi connectivity index (χ1n) is 10.1. The maximum Gasteiger partial charge on any atom is 0.243 e. The molecule has 1 saturated heterocycles. The molecule has 2 heterocycles. The van der Waals surface area contributed by atoms with Crippen LogP contribution in [0.25, 0.3) is 0 Å². The highest BCUT2D eigenvalue weighted by atomic mass is 16.5. The minimum atomic E-state index is -0.237. The lowest BCUT2D eigenvalue weighted by atomic mass is 10.2. The monoisotopic (exact) mass is 411 g/mol. The Balaban J connectivity index is 1.39. The molecule has 8 nitrogen and oxygen atoms in total. The third kappa shape index (κ3) is 6.53. The molecule has 0 radical (unpaired) electrons. The molecule has 0 saturated carbocycles. The summed E-state index contributed by atoms with van der Waals surface area (Å²) < 4.78 is 5.15. The first-order chi connectivity index (χ1) is 14.5. The highest BCUT2D eigenvalue weighted by Gasteiger charge is 2.21. The van der Waals surface area contributed by atoms with Gasteiger partial charge in [-0.2, -0.15) is 0 Å². The van der Waals surface area contributed by atoms with Crippen molar-refractivity contribution in [1.82, 2.24) is 19.7 Å². The van der Waals surface area contributed by atoms with E-state index in [9.17, 15) is 9.59 Å². The van der Waals surface area contributed by atoms with Crippen LogP contribution in [-0.2, 0) is 16.1 Å². The Kier molecular flexibility index (Phi) is 7.75. The summed E-state index contributed by atoms with van der Waals surface area (Å²) in [4.78, 5) is 35.1. The smallest absolute Gasteiger partial charge is 0.243 e. The number of likely N-dealkylation sites (N-methyl/N-ethyl adjacent to an activating group) is 1. The Morgan fingerprint density at radius 3 is 2.57 bits per heavy atom. The minimum absolute atomic E-state index is 0.00961. The van der Waals surface area contributed by atoms with Gasteiger partial charge in [0.05, 0.1) is 25.9 Å². The van der Waals surface area contributed by atoms with E-state index in [4.69, 9.17) is 4.74 Å². The Hall–Kier alpha value is -2.97. The van der Waals surface area contributed by atoms with Crippen LogP contribution in [0.15, 0.2) is 48.7 Å². The van der Waals surface area contributed by atoms with E-state index in [1.165, 1.54) is 4.90 Å². The summed E-state index contributed by atoms with van der Waals surface area (Å²) in [6, 6.07) is 13.1. The van der Waals surface area contributed by atoms with E-state index in [0.717, 1.165) is 38.4 Å². The van der Waals surface area contributed by atoms with Gasteiger partial charge in [-0.1, -0.05) is 12.1 Å². The predicted octanol–water partition coefficient (Wildman–Crippen LogP) is 1.30. The van der Waals surface area contributed by atoms with Crippen molar-refractivity contribution in [2.75, 3.05) is 58.7 Å². The molecule has 0 aliphatic carbocycles. The molecular weight excluding hydrogens is 382 g/mol. The Labute approximate surface area is 177 Å². The van der Waals surface area contributed by atoms with Gasteiger partial charge in [-0.3, -0.25) is 24.4 Å². The van der Waals surface area contributed by atoms with Gasteiger partial charge in [-0.05, 0) is 24.3 Å². The lowest BCUT2D eigenvalue weighted by Crippen LogP contribution is -2.50. The first-order valence-corrected chi connectivity index (χ1v) is 10.1. The average Bonchev–Trinajstić information content (AvgIpc) is 2.76. The number of ether oxygens (including phenoxy) is 1. The standard InChI is InChI=1S/C22H29N5O3/c1-25(16-21(28)24-18-7-5-8-20(14-18)30-2)22(29)17-27-12-10-26(11-13-27)15-19-6-3-4-9-23-19/h3-9,14H,10-13,15-17H2,1-2H3,(H,24,28). The van der Waals surface area contributed by atoms with Crippen LogP contribution < -0.4 is 10.1 Å². The second-order valence-corrected chi connectivity index (χ2v) is 7.40. The highest BCUT2D eigenvalue weighted by molar-refractivity contribution is 5.94. The fraction of sp³-hybridized carbons (Fsp3) is 0.409. The van der Waals surface area contributed by atoms with Crippen molar-refractivity contribution in [3.63, 3.8) is 0 Å². The third-order valence-electron chi connectivity index (χ3n) is 5.10. The van der Waals surface area contributed by atoms with E-state index in [2.05, 4.69) is 20.1 Å². The van der Waals surface area contributed by atoms with Crippen LogP contribution in [0.2, 0.25) is 0 Å². The number of aromatic nitrogens is 1. The first kappa shape index (κ1) is 21.7. The molecule has 1 N–H and O–H groups in total. The molecule has 0 atom stereocenters. The van der Waals surface area contributed by atoms with E-state index >= 15 is 0 Å². The van der Waals surface area contributed by atoms with Crippen LogP contribution in [0.3, 0.4) is 0 Å². The lowest BCUT2D eigenvalue weighted by molar-refractivity contribution is -0.134. The van der Waals surface area contributed by atoms with Gasteiger partial charge < -0.3 is 15.0 Å². The number of nitrogens with one attached hydrogen (secondary N) is 1. The third-order valence-corrected chi connectivity index (χ3v) is 5.10. The van der Waals surface area contributed by atoms with Gasteiger partial charge in [0.1, 0.15) is 5.75 Å². The van der Waals surface area contributed by atoms with Crippen molar-refractivity contribution >= 4 is 17.5 Å². The fourth-order valence-electron chi connectivity index (χ4n) is 3.34. The maximum atomic E-state index is 12.5. The van der Waals surface area contributed by atoms with Crippen LogP contribution in [-0.4, -0.2) is 84.9 Å². The summed E-state index contributed by atoms with van der Waals surface area (Å²) in [5, 5.41) is 2.80. The number of amides is 2. The van der Waals surface area contributed by atoms with Gasteiger partial charge in [-0.25, -0.2) is 0 Å². The van der Waals surface area contributed by atoms with Crippen molar-refractivity contribution in [3.8, 4) is 5.75 Å². The molecule has 0 spiro atoms. The number of carbonyl (C=O) groups is 2. The minimum Gasteiger partial charge on any atom is -0.497 e. The van der Waals surface area contributed by atoms with Crippen molar-refractivity contribution in [2.24, 2.45) is 0 Å². The zero-order valence-electron chi connectivity index (χ0n) is 17.6. The maximum absolute atomic E-state index is 12.5. The van der Waals surface area contributed by atoms with Crippen LogP contribution >= 0.6 is 0 Å². The number of pyridine rings is 1. The molecule has 160 valence electrons. The number of carbonyl (C=O) groups excluding carboxylic acids is 2. The molecule has 1 aliphatic heterocycles. The van der Waals surface area contributed by atoms with E-state index in [0.29, 0.717) is 18.0 Å². The van der Waals surface area contributed by atoms with Crippen molar-refractivity contribution in [3.05, 3.63) is 54.4 Å². The SMILES string of the molecule is COc1cccc(NC(=O)CN(C)C(=O)CN2CCN(Cc3ccccn3)CC2)c1. The van der Waals surface area contributed by atoms with E-state index < -0.39 is 0 Å². The van der Waals surface area contributed by atoms with E-state index in [1.54, 1.807) is 38.4 Å². The number of hydrogen-bond acceptors (Lipinski definition) is 6. The zero-order valence-corrected chi connectivity index (χ0v) is 17.6. The van der Waals surface area contributed by atoms with Crippen LogP contribution in [0.5, 0.6) is 5.75 Å². The molecule has 2 aromatic rings. The van der Waals surface area contributed by atoms with Gasteiger partial charge in [0.2, 0.25) is 11.8 Å². The molecule has 1 aromatic carbocycles. The highest BCUT2D eigenvalue weighted by Crippen LogP contribution is 2.16. The normalized spacial score (nSPS) is 14.9. The second kappa shape index (κ2) is 10.7. The van der Waals surface area contributed by atoms with E-state index in [-0.39, 0.29) is 18.4 Å². The van der Waals surface area contributed by atoms with Crippen LogP contribution in [0.1, 0.15) is 5.69 Å². The number of anilines is 1. The number of benzene rings is 1. The van der Waals surface area contributed by atoms with Crippen molar-refractivity contribution < 1.29 is 14.3 Å². The number of rotatable bonds is 8. The van der Waals surface area contributed by atoms with Crippen LogP contribution in [0, 0.1) is 0 Å². The largest absolute Gasteiger partial charge is 0.497 e. The fourth-order valence-corrected chi connectivity index (χ4v) is 3.34. The molecule has 8 heteroatoms. The van der Waals surface area contributed by atoms with Gasteiger partial charge in [-0.15, -0.1) is 0 Å². The summed E-state index contributed by atoms with van der Waals surface area (Å²) in [5.41, 5.74) is 1.70. The van der Waals surface area contributed by atoms with Crippen LogP contribution in [0.4, 0.5) is 5.69 Å². The molecule has 1 aromatic heterocycles. The Morgan fingerprint density at radius 1 is 1.10 bits per heavy atom. The van der Waals surface area contributed by atoms with Gasteiger partial charge in [0.15, 0.2) is 0 Å². The molecular formula is C22H29N5O3. The topological polar surface area (TPSA) is 78.0 Å². The summed E-state index contributed by atoms with van der Waals surface area (Å²) in [7, 11) is 3.23. The lowest BCUT2D eigenvalue weighted by Gasteiger charge is -2.34.